The number of aryl methyl sites for hydroxylation is 1. The summed E-state index contributed by atoms with van der Waals surface area (Å²) in [5.74, 6) is 0.0469. The molecule has 4 rings (SSSR count). The Morgan fingerprint density at radius 2 is 1.94 bits per heavy atom. The Kier molecular flexibility index (Phi) is 7.16. The van der Waals surface area contributed by atoms with Crippen molar-refractivity contribution >= 4 is 41.0 Å². The van der Waals surface area contributed by atoms with E-state index in [1.807, 2.05) is 54.3 Å². The van der Waals surface area contributed by atoms with Crippen molar-refractivity contribution in [2.75, 3.05) is 35.6 Å². The zero-order chi connectivity index (χ0) is 24.3. The largest absolute Gasteiger partial charge is 0.341 e. The zero-order valence-corrected chi connectivity index (χ0v) is 20.8. The first kappa shape index (κ1) is 24.1. The maximum Gasteiger partial charge on any atom is 0.319 e. The predicted molar refractivity (Wildman–Crippen MR) is 136 cm³/mol. The van der Waals surface area contributed by atoms with Crippen LogP contribution in [-0.4, -0.2) is 54.2 Å². The molecule has 1 unspecified atom stereocenters. The lowest BCUT2D eigenvalue weighted by atomic mass is 9.84. The van der Waals surface area contributed by atoms with Gasteiger partial charge in [0.25, 0.3) is 5.91 Å². The molecule has 1 atom stereocenters. The van der Waals surface area contributed by atoms with Gasteiger partial charge < -0.3 is 20.4 Å². The number of carbonyl (C=O) groups excluding carboxylic acids is 3. The smallest absolute Gasteiger partial charge is 0.319 e. The molecule has 0 aliphatic carbocycles. The van der Waals surface area contributed by atoms with Crippen LogP contribution in [0.5, 0.6) is 0 Å². The Morgan fingerprint density at radius 3 is 2.71 bits per heavy atom. The maximum atomic E-state index is 13.6. The molecule has 0 bridgehead atoms. The Morgan fingerprint density at radius 1 is 1.15 bits per heavy atom. The van der Waals surface area contributed by atoms with E-state index in [0.717, 1.165) is 23.3 Å². The highest BCUT2D eigenvalue weighted by Crippen LogP contribution is 2.35. The van der Waals surface area contributed by atoms with E-state index in [1.54, 1.807) is 6.07 Å². The highest BCUT2D eigenvalue weighted by molar-refractivity contribution is 7.99. The number of hydrogen-bond acceptors (Lipinski definition) is 4. The third-order valence-electron chi connectivity index (χ3n) is 6.25. The van der Waals surface area contributed by atoms with Crippen molar-refractivity contribution in [3.63, 3.8) is 0 Å². The molecular weight excluding hydrogens is 448 g/mol. The average molecular weight is 481 g/mol. The van der Waals surface area contributed by atoms with Crippen molar-refractivity contribution in [1.29, 1.82) is 0 Å². The van der Waals surface area contributed by atoms with Crippen LogP contribution in [0.1, 0.15) is 32.3 Å². The van der Waals surface area contributed by atoms with Crippen LogP contribution in [0.2, 0.25) is 0 Å². The summed E-state index contributed by atoms with van der Waals surface area (Å²) in [5.41, 5.74) is 2.47. The van der Waals surface area contributed by atoms with Crippen LogP contribution < -0.4 is 15.5 Å². The molecule has 8 heteroatoms. The van der Waals surface area contributed by atoms with E-state index in [4.69, 9.17) is 0 Å². The molecule has 180 valence electrons. The number of hydrogen-bond donors (Lipinski definition) is 2. The molecule has 2 aromatic rings. The molecule has 0 spiro atoms. The molecule has 4 amide bonds. The number of carbonyl (C=O) groups is 3. The molecule has 2 aromatic carbocycles. The molecule has 2 aliphatic rings. The monoisotopic (exact) mass is 480 g/mol. The number of urea groups is 1. The van der Waals surface area contributed by atoms with E-state index < -0.39 is 12.1 Å². The summed E-state index contributed by atoms with van der Waals surface area (Å²) in [6, 6.07) is 13.9. The van der Waals surface area contributed by atoms with Gasteiger partial charge in [0.15, 0.2) is 0 Å². The molecule has 2 aliphatic heterocycles. The van der Waals surface area contributed by atoms with Gasteiger partial charge in [0.1, 0.15) is 12.6 Å². The van der Waals surface area contributed by atoms with Crippen LogP contribution in [-0.2, 0) is 9.59 Å². The molecule has 2 heterocycles. The highest BCUT2D eigenvalue weighted by Gasteiger charge is 2.35. The first-order valence-corrected chi connectivity index (χ1v) is 12.7. The summed E-state index contributed by atoms with van der Waals surface area (Å²) in [4.78, 5) is 43.9. The second-order valence-corrected chi connectivity index (χ2v) is 10.9. The van der Waals surface area contributed by atoms with Crippen molar-refractivity contribution in [2.24, 2.45) is 5.41 Å². The van der Waals surface area contributed by atoms with Crippen molar-refractivity contribution < 1.29 is 14.4 Å². The Labute approximate surface area is 205 Å². The summed E-state index contributed by atoms with van der Waals surface area (Å²) in [7, 11) is 0. The van der Waals surface area contributed by atoms with Gasteiger partial charge in [-0.3, -0.25) is 9.59 Å². The number of rotatable bonds is 4. The second kappa shape index (κ2) is 10.1. The summed E-state index contributed by atoms with van der Waals surface area (Å²) in [5, 5.41) is 5.62. The molecule has 0 saturated carbocycles. The Hall–Kier alpha value is -3.00. The minimum Gasteiger partial charge on any atom is -0.341 e. The topological polar surface area (TPSA) is 81.8 Å². The van der Waals surface area contributed by atoms with Gasteiger partial charge >= 0.3 is 6.03 Å². The van der Waals surface area contributed by atoms with Crippen LogP contribution >= 0.6 is 11.8 Å². The fourth-order valence-electron chi connectivity index (χ4n) is 4.54. The van der Waals surface area contributed by atoms with Gasteiger partial charge in [-0.15, -0.1) is 11.8 Å². The lowest BCUT2D eigenvalue weighted by Crippen LogP contribution is -2.54. The minimum atomic E-state index is -0.757. The van der Waals surface area contributed by atoms with Crippen molar-refractivity contribution in [3.05, 3.63) is 54.1 Å². The zero-order valence-electron chi connectivity index (χ0n) is 20.0. The van der Waals surface area contributed by atoms with Crippen molar-refractivity contribution in [1.82, 2.24) is 10.2 Å². The number of thioether (sulfide) groups is 1. The van der Waals surface area contributed by atoms with E-state index in [-0.39, 0.29) is 23.8 Å². The lowest BCUT2D eigenvalue weighted by molar-refractivity contribution is -0.134. The van der Waals surface area contributed by atoms with Crippen LogP contribution in [0.3, 0.4) is 0 Å². The molecule has 0 aromatic heterocycles. The number of nitrogens with zero attached hydrogens (tertiary/aromatic N) is 2. The molecule has 1 fully saturated rings. The van der Waals surface area contributed by atoms with Crippen molar-refractivity contribution in [3.8, 4) is 0 Å². The summed E-state index contributed by atoms with van der Waals surface area (Å²) in [6.45, 7) is 7.64. The van der Waals surface area contributed by atoms with E-state index in [2.05, 4.69) is 24.5 Å². The van der Waals surface area contributed by atoms with Crippen LogP contribution in [0.25, 0.3) is 0 Å². The lowest BCUT2D eigenvalue weighted by Gasteiger charge is -2.39. The first-order valence-electron chi connectivity index (χ1n) is 11.7. The molecule has 2 N–H and O–H groups in total. The van der Waals surface area contributed by atoms with Gasteiger partial charge in [0, 0.05) is 29.4 Å². The average Bonchev–Trinajstić information content (AvgIpc) is 2.91. The second-order valence-electron chi connectivity index (χ2n) is 9.81. The van der Waals surface area contributed by atoms with Gasteiger partial charge in [0.05, 0.1) is 5.69 Å². The number of anilines is 2. The Bertz CT molecular complexity index is 1090. The number of fused-ring (bicyclic) bond motifs is 1. The summed E-state index contributed by atoms with van der Waals surface area (Å²) < 4.78 is 0. The molecule has 7 nitrogen and oxygen atoms in total. The first-order chi connectivity index (χ1) is 16.2. The third-order valence-corrected chi connectivity index (χ3v) is 7.41. The fraction of sp³-hybridized carbons (Fsp3) is 0.423. The number of nitrogens with one attached hydrogen (secondary N) is 2. The van der Waals surface area contributed by atoms with Gasteiger partial charge in [-0.1, -0.05) is 38.1 Å². The molecule has 0 radical (unpaired) electrons. The van der Waals surface area contributed by atoms with Gasteiger partial charge in [-0.25, -0.2) is 4.79 Å². The molecule has 34 heavy (non-hydrogen) atoms. The van der Waals surface area contributed by atoms with Crippen LogP contribution in [0.4, 0.5) is 16.2 Å². The SMILES string of the molecule is Cc1cccc(NC(=O)NC2CSc3ccccc3N(CC(=O)N3CCCC(C)(C)C3)C2=O)c1. The minimum absolute atomic E-state index is 0.0375. The summed E-state index contributed by atoms with van der Waals surface area (Å²) >= 11 is 1.51. The predicted octanol–water partition coefficient (Wildman–Crippen LogP) is 4.27. The Balaban J connectivity index is 1.51. The third kappa shape index (κ3) is 5.73. The standard InChI is InChI=1S/C26H32N4O3S/c1-18-8-6-9-19(14-18)27-25(33)28-20-16-34-22-11-5-4-10-21(22)30(24(20)32)15-23(31)29-13-7-12-26(2,3)17-29/h4-6,8-11,14,20H,7,12-13,15-17H2,1-3H3,(H2,27,28,33). The van der Waals surface area contributed by atoms with Crippen LogP contribution in [0, 0.1) is 12.3 Å². The maximum absolute atomic E-state index is 13.6. The fourth-order valence-corrected chi connectivity index (χ4v) is 5.61. The number of para-hydroxylation sites is 1. The van der Waals surface area contributed by atoms with E-state index in [9.17, 15) is 14.4 Å². The van der Waals surface area contributed by atoms with Gasteiger partial charge in [0.2, 0.25) is 5.91 Å². The number of amides is 4. The summed E-state index contributed by atoms with van der Waals surface area (Å²) in [6.07, 6.45) is 2.05. The number of benzene rings is 2. The normalized spacial score (nSPS) is 19.7. The van der Waals surface area contributed by atoms with E-state index >= 15 is 0 Å². The highest BCUT2D eigenvalue weighted by atomic mass is 32.2. The molecule has 1 saturated heterocycles. The number of piperidine rings is 1. The quantitative estimate of drug-likeness (QED) is 0.685. The van der Waals surface area contributed by atoms with Gasteiger partial charge in [-0.05, 0) is 55.0 Å². The molecular formula is C26H32N4O3S. The van der Waals surface area contributed by atoms with E-state index in [1.165, 1.54) is 16.7 Å². The number of likely N-dealkylation sites (tertiary alicyclic amines) is 1. The van der Waals surface area contributed by atoms with Gasteiger partial charge in [-0.2, -0.15) is 0 Å². The van der Waals surface area contributed by atoms with E-state index in [0.29, 0.717) is 30.2 Å². The van der Waals surface area contributed by atoms with Crippen LogP contribution in [0.15, 0.2) is 53.4 Å². The van der Waals surface area contributed by atoms with Crippen molar-refractivity contribution in [2.45, 2.75) is 44.6 Å².